The summed E-state index contributed by atoms with van der Waals surface area (Å²) in [5, 5.41) is 11.4. The first-order valence-electron chi connectivity index (χ1n) is 5.66. The number of hydrogen-bond donors (Lipinski definition) is 2. The highest BCUT2D eigenvalue weighted by molar-refractivity contribution is 5.35. The lowest BCUT2D eigenvalue weighted by atomic mass is 10.2. The van der Waals surface area contributed by atoms with Crippen LogP contribution in [0, 0.1) is 0 Å². The fourth-order valence-electron chi connectivity index (χ4n) is 1.41. The lowest BCUT2D eigenvalue weighted by Crippen LogP contribution is -2.21. The molecule has 18 heavy (non-hydrogen) atoms. The lowest BCUT2D eigenvalue weighted by Gasteiger charge is -2.13. The Kier molecular flexibility index (Phi) is 5.94. The molecule has 0 unspecified atom stereocenters. The summed E-state index contributed by atoms with van der Waals surface area (Å²) in [5.41, 5.74) is -0.756. The number of rotatable bonds is 7. The second-order valence-corrected chi connectivity index (χ2v) is 3.67. The van der Waals surface area contributed by atoms with Gasteiger partial charge in [-0.3, -0.25) is 0 Å². The average molecular weight is 263 g/mol. The van der Waals surface area contributed by atoms with E-state index in [1.165, 1.54) is 18.2 Å². The molecule has 1 aromatic carbocycles. The van der Waals surface area contributed by atoms with Crippen molar-refractivity contribution in [2.75, 3.05) is 26.3 Å². The van der Waals surface area contributed by atoms with Crippen LogP contribution in [0.1, 0.15) is 12.0 Å². The summed E-state index contributed by atoms with van der Waals surface area (Å²) in [4.78, 5) is 0. The summed E-state index contributed by atoms with van der Waals surface area (Å²) in [5.74, 6) is -0.146. The fourth-order valence-corrected chi connectivity index (χ4v) is 1.41. The van der Waals surface area contributed by atoms with Crippen molar-refractivity contribution in [3.63, 3.8) is 0 Å². The van der Waals surface area contributed by atoms with Crippen molar-refractivity contribution in [1.82, 2.24) is 5.32 Å². The summed E-state index contributed by atoms with van der Waals surface area (Å²) in [6.07, 6.45) is -3.82. The highest BCUT2D eigenvalue weighted by Gasteiger charge is 2.33. The SMILES string of the molecule is OCCNCCCOc1ccccc1C(F)(F)F. The molecule has 0 aliphatic heterocycles. The Bertz CT molecular complexity index is 355. The van der Waals surface area contributed by atoms with E-state index < -0.39 is 11.7 Å². The molecule has 0 aliphatic rings. The van der Waals surface area contributed by atoms with Gasteiger partial charge in [-0.25, -0.2) is 0 Å². The van der Waals surface area contributed by atoms with Gasteiger partial charge in [0.15, 0.2) is 0 Å². The third kappa shape index (κ3) is 4.93. The Labute approximate surface area is 104 Å². The van der Waals surface area contributed by atoms with Gasteiger partial charge < -0.3 is 15.2 Å². The van der Waals surface area contributed by atoms with Crippen LogP contribution in [0.4, 0.5) is 13.2 Å². The molecule has 6 heteroatoms. The Morgan fingerprint density at radius 1 is 1.17 bits per heavy atom. The minimum atomic E-state index is -4.40. The maximum Gasteiger partial charge on any atom is 0.419 e. The van der Waals surface area contributed by atoms with E-state index in [1.54, 1.807) is 0 Å². The summed E-state index contributed by atoms with van der Waals surface area (Å²) < 4.78 is 42.9. The van der Waals surface area contributed by atoms with Crippen molar-refractivity contribution >= 4 is 0 Å². The molecular weight excluding hydrogens is 247 g/mol. The van der Waals surface area contributed by atoms with Gasteiger partial charge in [-0.15, -0.1) is 0 Å². The molecule has 0 atom stereocenters. The summed E-state index contributed by atoms with van der Waals surface area (Å²) in [7, 11) is 0. The van der Waals surface area contributed by atoms with E-state index in [0.717, 1.165) is 6.07 Å². The van der Waals surface area contributed by atoms with Crippen molar-refractivity contribution in [2.45, 2.75) is 12.6 Å². The fraction of sp³-hybridized carbons (Fsp3) is 0.500. The Hall–Kier alpha value is -1.27. The number of halogens is 3. The van der Waals surface area contributed by atoms with Crippen LogP contribution in [0.2, 0.25) is 0 Å². The van der Waals surface area contributed by atoms with Crippen LogP contribution < -0.4 is 10.1 Å². The Morgan fingerprint density at radius 3 is 2.56 bits per heavy atom. The molecule has 0 heterocycles. The number of alkyl halides is 3. The van der Waals surface area contributed by atoms with E-state index in [0.29, 0.717) is 19.5 Å². The molecule has 0 fully saturated rings. The van der Waals surface area contributed by atoms with E-state index in [4.69, 9.17) is 9.84 Å². The Morgan fingerprint density at radius 2 is 1.89 bits per heavy atom. The van der Waals surface area contributed by atoms with Crippen LogP contribution in [0.5, 0.6) is 5.75 Å². The van der Waals surface area contributed by atoms with E-state index in [1.807, 2.05) is 0 Å². The van der Waals surface area contributed by atoms with E-state index in [9.17, 15) is 13.2 Å². The van der Waals surface area contributed by atoms with Crippen molar-refractivity contribution in [1.29, 1.82) is 0 Å². The largest absolute Gasteiger partial charge is 0.493 e. The Balaban J connectivity index is 2.43. The molecule has 0 radical (unpaired) electrons. The molecule has 3 nitrogen and oxygen atoms in total. The molecule has 2 N–H and O–H groups in total. The number of aliphatic hydroxyl groups is 1. The molecule has 0 amide bonds. The van der Waals surface area contributed by atoms with Gasteiger partial charge in [-0.1, -0.05) is 12.1 Å². The summed E-state index contributed by atoms with van der Waals surface area (Å²) in [6.45, 7) is 1.30. The highest BCUT2D eigenvalue weighted by Crippen LogP contribution is 2.35. The molecule has 0 aromatic heterocycles. The number of benzene rings is 1. The predicted octanol–water partition coefficient (Wildman–Crippen LogP) is 2.06. The van der Waals surface area contributed by atoms with Crippen LogP contribution in [-0.4, -0.2) is 31.4 Å². The summed E-state index contributed by atoms with van der Waals surface area (Å²) >= 11 is 0. The molecule has 0 bridgehead atoms. The minimum Gasteiger partial charge on any atom is -0.493 e. The normalized spacial score (nSPS) is 11.6. The van der Waals surface area contributed by atoms with Gasteiger partial charge in [-0.2, -0.15) is 13.2 Å². The van der Waals surface area contributed by atoms with Gasteiger partial charge in [0.25, 0.3) is 0 Å². The van der Waals surface area contributed by atoms with Gasteiger partial charge in [0.1, 0.15) is 5.75 Å². The molecule has 0 saturated heterocycles. The third-order valence-corrected chi connectivity index (χ3v) is 2.24. The van der Waals surface area contributed by atoms with Gasteiger partial charge in [0.2, 0.25) is 0 Å². The maximum absolute atomic E-state index is 12.6. The van der Waals surface area contributed by atoms with Gasteiger partial charge in [0, 0.05) is 6.54 Å². The minimum absolute atomic E-state index is 0.0394. The van der Waals surface area contributed by atoms with Crippen molar-refractivity contribution < 1.29 is 23.0 Å². The molecular formula is C12H16F3NO2. The average Bonchev–Trinajstić information content (AvgIpc) is 2.33. The number of nitrogens with one attached hydrogen (secondary N) is 1. The zero-order chi connectivity index (χ0) is 13.4. The first-order chi connectivity index (χ1) is 8.55. The van der Waals surface area contributed by atoms with Crippen LogP contribution in [-0.2, 0) is 6.18 Å². The zero-order valence-electron chi connectivity index (χ0n) is 9.83. The molecule has 1 aromatic rings. The molecule has 102 valence electrons. The lowest BCUT2D eigenvalue weighted by molar-refractivity contribution is -0.138. The number of para-hydroxylation sites is 1. The molecule has 0 spiro atoms. The van der Waals surface area contributed by atoms with E-state index in [2.05, 4.69) is 5.32 Å². The van der Waals surface area contributed by atoms with Crippen molar-refractivity contribution in [3.8, 4) is 5.75 Å². The molecule has 0 saturated carbocycles. The second-order valence-electron chi connectivity index (χ2n) is 3.67. The topological polar surface area (TPSA) is 41.5 Å². The maximum atomic E-state index is 12.6. The smallest absolute Gasteiger partial charge is 0.419 e. The third-order valence-electron chi connectivity index (χ3n) is 2.24. The molecule has 1 rings (SSSR count). The summed E-state index contributed by atoms with van der Waals surface area (Å²) in [6, 6.07) is 5.15. The van der Waals surface area contributed by atoms with Crippen LogP contribution in [0.15, 0.2) is 24.3 Å². The molecule has 0 aliphatic carbocycles. The van der Waals surface area contributed by atoms with Gasteiger partial charge in [-0.05, 0) is 25.1 Å². The van der Waals surface area contributed by atoms with Gasteiger partial charge in [0.05, 0.1) is 18.8 Å². The quantitative estimate of drug-likeness (QED) is 0.740. The highest BCUT2D eigenvalue weighted by atomic mass is 19.4. The first-order valence-corrected chi connectivity index (χ1v) is 5.66. The van der Waals surface area contributed by atoms with Crippen LogP contribution in [0.25, 0.3) is 0 Å². The predicted molar refractivity (Wildman–Crippen MR) is 61.5 cm³/mol. The van der Waals surface area contributed by atoms with E-state index in [-0.39, 0.29) is 19.0 Å². The standard InChI is InChI=1S/C12H16F3NO2/c13-12(14,15)10-4-1-2-5-11(10)18-9-3-6-16-7-8-17/h1-2,4-5,16-17H,3,6-9H2. The zero-order valence-corrected chi connectivity index (χ0v) is 9.83. The van der Waals surface area contributed by atoms with E-state index >= 15 is 0 Å². The first kappa shape index (κ1) is 14.8. The monoisotopic (exact) mass is 263 g/mol. The van der Waals surface area contributed by atoms with Crippen molar-refractivity contribution in [3.05, 3.63) is 29.8 Å². The number of hydrogen-bond acceptors (Lipinski definition) is 3. The number of ether oxygens (including phenoxy) is 1. The van der Waals surface area contributed by atoms with Crippen LogP contribution >= 0.6 is 0 Å². The van der Waals surface area contributed by atoms with Gasteiger partial charge >= 0.3 is 6.18 Å². The number of aliphatic hydroxyl groups excluding tert-OH is 1. The van der Waals surface area contributed by atoms with Crippen molar-refractivity contribution in [2.24, 2.45) is 0 Å². The second kappa shape index (κ2) is 7.23. The van der Waals surface area contributed by atoms with Crippen LogP contribution in [0.3, 0.4) is 0 Å².